The van der Waals surface area contributed by atoms with Crippen molar-refractivity contribution >= 4 is 33.0 Å². The van der Waals surface area contributed by atoms with E-state index in [2.05, 4.69) is 35.4 Å². The van der Waals surface area contributed by atoms with Crippen molar-refractivity contribution in [1.29, 1.82) is 0 Å². The van der Waals surface area contributed by atoms with E-state index in [0.29, 0.717) is 12.0 Å². The van der Waals surface area contributed by atoms with E-state index in [0.717, 1.165) is 28.1 Å². The Balaban J connectivity index is 1.72. The Labute approximate surface area is 126 Å². The Kier molecular flexibility index (Phi) is 2.96. The molecule has 2 aliphatic heterocycles. The van der Waals surface area contributed by atoms with Gasteiger partial charge in [-0.2, -0.15) is 0 Å². The molecule has 2 fully saturated rings. The monoisotopic (exact) mass is 335 g/mol. The summed E-state index contributed by atoms with van der Waals surface area (Å²) in [5.41, 5.74) is 7.95. The van der Waals surface area contributed by atoms with E-state index in [4.69, 9.17) is 5.73 Å². The van der Waals surface area contributed by atoms with Gasteiger partial charge < -0.3 is 10.6 Å². The lowest BCUT2D eigenvalue weighted by Crippen LogP contribution is -2.38. The van der Waals surface area contributed by atoms with Gasteiger partial charge in [-0.3, -0.25) is 4.57 Å². The molecule has 2 aromatic rings. The van der Waals surface area contributed by atoms with Crippen LogP contribution in [0.25, 0.3) is 11.2 Å². The number of rotatable bonds is 1. The van der Waals surface area contributed by atoms with Crippen LogP contribution in [0.5, 0.6) is 0 Å². The molecule has 2 aliphatic rings. The summed E-state index contributed by atoms with van der Waals surface area (Å²) in [5, 5.41) is 0. The van der Waals surface area contributed by atoms with Gasteiger partial charge in [0.15, 0.2) is 5.65 Å². The number of fused-ring (bicyclic) bond motifs is 2. The number of nitrogen functional groups attached to an aromatic ring is 1. The number of nitrogens with two attached hydrogens (primary N) is 1. The normalized spacial score (nSPS) is 27.1. The molecule has 0 saturated carbocycles. The van der Waals surface area contributed by atoms with Crippen LogP contribution in [0.4, 0.5) is 5.95 Å². The number of imidazole rings is 1. The number of hydrogen-bond donors (Lipinski definition) is 1. The van der Waals surface area contributed by atoms with Gasteiger partial charge in [0, 0.05) is 29.3 Å². The summed E-state index contributed by atoms with van der Waals surface area (Å²) in [7, 11) is 0. The standard InChI is InChI=1S/C14H18BrN5/c15-9-6-12-13(17-8-9)20(14(16)18-12)11-3-5-19-4-1-2-10(19)7-11/h6,8,10-11H,1-5,7H2,(H2,16,18). The Morgan fingerprint density at radius 2 is 2.15 bits per heavy atom. The van der Waals surface area contributed by atoms with Gasteiger partial charge in [-0.05, 0) is 54.2 Å². The van der Waals surface area contributed by atoms with Crippen LogP contribution in [-0.2, 0) is 0 Å². The fourth-order valence-electron chi connectivity index (χ4n) is 3.77. The molecule has 0 spiro atoms. The highest BCUT2D eigenvalue weighted by molar-refractivity contribution is 9.10. The second-order valence-electron chi connectivity index (χ2n) is 5.85. The number of halogens is 1. The molecule has 0 aliphatic carbocycles. The summed E-state index contributed by atoms with van der Waals surface area (Å²) in [4.78, 5) is 11.6. The molecule has 2 unspecified atom stereocenters. The number of hydrogen-bond acceptors (Lipinski definition) is 4. The van der Waals surface area contributed by atoms with Gasteiger partial charge in [0.2, 0.25) is 5.95 Å². The van der Waals surface area contributed by atoms with Crippen molar-refractivity contribution in [3.8, 4) is 0 Å². The summed E-state index contributed by atoms with van der Waals surface area (Å²) in [6.07, 6.45) is 6.80. The minimum Gasteiger partial charge on any atom is -0.369 e. The predicted molar refractivity (Wildman–Crippen MR) is 82.5 cm³/mol. The zero-order chi connectivity index (χ0) is 13.7. The van der Waals surface area contributed by atoms with Crippen LogP contribution < -0.4 is 5.73 Å². The van der Waals surface area contributed by atoms with E-state index in [9.17, 15) is 0 Å². The van der Waals surface area contributed by atoms with E-state index in [1.165, 1.54) is 32.4 Å². The topological polar surface area (TPSA) is 60.0 Å². The van der Waals surface area contributed by atoms with Crippen LogP contribution in [0, 0.1) is 0 Å². The first-order valence-corrected chi connectivity index (χ1v) is 8.04. The molecular formula is C14H18BrN5. The predicted octanol–water partition coefficient (Wildman–Crippen LogP) is 2.58. The molecule has 5 nitrogen and oxygen atoms in total. The van der Waals surface area contributed by atoms with Gasteiger partial charge in [0.25, 0.3) is 0 Å². The van der Waals surface area contributed by atoms with E-state index >= 15 is 0 Å². The molecule has 106 valence electrons. The zero-order valence-corrected chi connectivity index (χ0v) is 12.9. The van der Waals surface area contributed by atoms with Crippen LogP contribution in [0.3, 0.4) is 0 Å². The summed E-state index contributed by atoms with van der Waals surface area (Å²) in [6.45, 7) is 2.44. The van der Waals surface area contributed by atoms with Crippen LogP contribution in [0.1, 0.15) is 31.7 Å². The maximum atomic E-state index is 6.15. The molecule has 2 saturated heterocycles. The minimum absolute atomic E-state index is 0.438. The smallest absolute Gasteiger partial charge is 0.202 e. The van der Waals surface area contributed by atoms with Gasteiger partial charge in [-0.15, -0.1) is 0 Å². The highest BCUT2D eigenvalue weighted by atomic mass is 79.9. The highest BCUT2D eigenvalue weighted by Gasteiger charge is 2.33. The van der Waals surface area contributed by atoms with Gasteiger partial charge in [0.05, 0.1) is 0 Å². The van der Waals surface area contributed by atoms with Gasteiger partial charge in [-0.25, -0.2) is 9.97 Å². The Bertz CT molecular complexity index is 652. The van der Waals surface area contributed by atoms with Crippen LogP contribution in [0.2, 0.25) is 0 Å². The Morgan fingerprint density at radius 3 is 3.05 bits per heavy atom. The zero-order valence-electron chi connectivity index (χ0n) is 11.3. The van der Waals surface area contributed by atoms with Crippen molar-refractivity contribution in [2.75, 3.05) is 18.8 Å². The molecule has 2 N–H and O–H groups in total. The second kappa shape index (κ2) is 4.70. The Hall–Kier alpha value is -1.14. The number of aromatic nitrogens is 3. The molecule has 0 aromatic carbocycles. The maximum absolute atomic E-state index is 6.15. The Morgan fingerprint density at radius 1 is 1.25 bits per heavy atom. The quantitative estimate of drug-likeness (QED) is 0.870. The van der Waals surface area contributed by atoms with E-state index in [1.54, 1.807) is 0 Å². The average molecular weight is 336 g/mol. The van der Waals surface area contributed by atoms with Crippen molar-refractivity contribution in [1.82, 2.24) is 19.4 Å². The third kappa shape index (κ3) is 1.93. The average Bonchev–Trinajstić information content (AvgIpc) is 3.00. The van der Waals surface area contributed by atoms with Crippen LogP contribution >= 0.6 is 15.9 Å². The van der Waals surface area contributed by atoms with E-state index in [-0.39, 0.29) is 0 Å². The van der Waals surface area contributed by atoms with E-state index < -0.39 is 0 Å². The summed E-state index contributed by atoms with van der Waals surface area (Å²) in [6, 6.07) is 3.15. The van der Waals surface area contributed by atoms with Crippen molar-refractivity contribution in [3.05, 3.63) is 16.7 Å². The van der Waals surface area contributed by atoms with Crippen molar-refractivity contribution in [3.63, 3.8) is 0 Å². The lowest BCUT2D eigenvalue weighted by molar-refractivity contribution is 0.158. The summed E-state index contributed by atoms with van der Waals surface area (Å²) >= 11 is 3.44. The van der Waals surface area contributed by atoms with Crippen molar-refractivity contribution in [2.24, 2.45) is 0 Å². The SMILES string of the molecule is Nc1nc2cc(Br)cnc2n1C1CCN2CCCC2C1. The van der Waals surface area contributed by atoms with E-state index in [1.807, 2.05) is 12.3 Å². The minimum atomic E-state index is 0.438. The molecule has 2 atom stereocenters. The third-order valence-electron chi connectivity index (χ3n) is 4.68. The molecule has 20 heavy (non-hydrogen) atoms. The number of piperidine rings is 1. The summed E-state index contributed by atoms with van der Waals surface area (Å²) < 4.78 is 3.09. The molecule has 4 heterocycles. The molecule has 0 bridgehead atoms. The lowest BCUT2D eigenvalue weighted by atomic mass is 9.97. The van der Waals surface area contributed by atoms with Gasteiger partial charge >= 0.3 is 0 Å². The number of nitrogens with zero attached hydrogens (tertiary/aromatic N) is 4. The first kappa shape index (κ1) is 12.6. The van der Waals surface area contributed by atoms with Gasteiger partial charge in [-0.1, -0.05) is 0 Å². The molecule has 2 aromatic heterocycles. The first-order chi connectivity index (χ1) is 9.72. The first-order valence-electron chi connectivity index (χ1n) is 7.25. The second-order valence-corrected chi connectivity index (χ2v) is 6.76. The maximum Gasteiger partial charge on any atom is 0.202 e. The fourth-order valence-corrected chi connectivity index (χ4v) is 4.09. The van der Waals surface area contributed by atoms with Gasteiger partial charge in [0.1, 0.15) is 5.52 Å². The lowest BCUT2D eigenvalue weighted by Gasteiger charge is -2.35. The van der Waals surface area contributed by atoms with Crippen molar-refractivity contribution in [2.45, 2.75) is 37.8 Å². The molecule has 4 rings (SSSR count). The van der Waals surface area contributed by atoms with Crippen LogP contribution in [-0.4, -0.2) is 38.6 Å². The third-order valence-corrected chi connectivity index (χ3v) is 5.12. The largest absolute Gasteiger partial charge is 0.369 e. The fraction of sp³-hybridized carbons (Fsp3) is 0.571. The molecule has 0 radical (unpaired) electrons. The molecular weight excluding hydrogens is 318 g/mol. The summed E-state index contributed by atoms with van der Waals surface area (Å²) in [5.74, 6) is 0.599. The number of pyridine rings is 1. The molecule has 0 amide bonds. The highest BCUT2D eigenvalue weighted by Crippen LogP contribution is 2.36. The number of anilines is 1. The molecule has 6 heteroatoms. The van der Waals surface area contributed by atoms with Crippen molar-refractivity contribution < 1.29 is 0 Å². The van der Waals surface area contributed by atoms with Crippen LogP contribution in [0.15, 0.2) is 16.7 Å².